The number of hydrogen-bond donors (Lipinski definition) is 2. The van der Waals surface area contributed by atoms with E-state index in [-0.39, 0.29) is 11.9 Å². The largest absolute Gasteiger partial charge is 0.355 e. The minimum atomic E-state index is 0.0296. The van der Waals surface area contributed by atoms with Crippen LogP contribution in [0.1, 0.15) is 36.0 Å². The van der Waals surface area contributed by atoms with Crippen LogP contribution in [0, 0.1) is 13.8 Å². The molecule has 0 radical (unpaired) electrons. The van der Waals surface area contributed by atoms with Crippen molar-refractivity contribution < 1.29 is 4.79 Å². The summed E-state index contributed by atoms with van der Waals surface area (Å²) in [7, 11) is 0. The van der Waals surface area contributed by atoms with Crippen LogP contribution >= 0.6 is 0 Å². The molecule has 1 aromatic carbocycles. The van der Waals surface area contributed by atoms with E-state index in [1.807, 2.05) is 0 Å². The SMILES string of the molecule is CC(=O)NCCN1CC(N)CC(c2ccc(C)c(C)c2)C1. The lowest BCUT2D eigenvalue weighted by Crippen LogP contribution is -2.48. The number of aryl methyl sites for hydroxylation is 2. The lowest BCUT2D eigenvalue weighted by molar-refractivity contribution is -0.119. The van der Waals surface area contributed by atoms with Crippen molar-refractivity contribution in [2.75, 3.05) is 26.2 Å². The molecule has 0 spiro atoms. The summed E-state index contributed by atoms with van der Waals surface area (Å²) in [5, 5.41) is 2.86. The number of rotatable bonds is 4. The second kappa shape index (κ2) is 7.05. The number of benzene rings is 1. The van der Waals surface area contributed by atoms with E-state index in [9.17, 15) is 4.79 Å². The molecule has 4 heteroatoms. The second-order valence-corrected chi connectivity index (χ2v) is 6.28. The number of likely N-dealkylation sites (tertiary alicyclic amines) is 1. The van der Waals surface area contributed by atoms with Crippen molar-refractivity contribution in [3.05, 3.63) is 34.9 Å². The molecule has 2 atom stereocenters. The van der Waals surface area contributed by atoms with Crippen LogP contribution in [0.5, 0.6) is 0 Å². The molecule has 1 saturated heterocycles. The average Bonchev–Trinajstić information content (AvgIpc) is 2.41. The molecule has 0 bridgehead atoms. The number of nitrogens with two attached hydrogens (primary N) is 1. The molecular formula is C17H27N3O. The van der Waals surface area contributed by atoms with Crippen LogP contribution in [0.25, 0.3) is 0 Å². The predicted octanol–water partition coefficient (Wildman–Crippen LogP) is 1.56. The van der Waals surface area contributed by atoms with Gasteiger partial charge in [0.2, 0.25) is 5.91 Å². The minimum absolute atomic E-state index is 0.0296. The molecule has 1 fully saturated rings. The third kappa shape index (κ3) is 4.55. The van der Waals surface area contributed by atoms with Gasteiger partial charge < -0.3 is 11.1 Å². The molecule has 2 unspecified atom stereocenters. The highest BCUT2D eigenvalue weighted by atomic mass is 16.1. The fourth-order valence-corrected chi connectivity index (χ4v) is 3.07. The van der Waals surface area contributed by atoms with Gasteiger partial charge in [0, 0.05) is 39.1 Å². The molecule has 0 saturated carbocycles. The monoisotopic (exact) mass is 289 g/mol. The topological polar surface area (TPSA) is 58.4 Å². The lowest BCUT2D eigenvalue weighted by Gasteiger charge is -2.36. The Morgan fingerprint density at radius 2 is 2.10 bits per heavy atom. The number of amides is 1. The van der Waals surface area contributed by atoms with Crippen molar-refractivity contribution in [1.82, 2.24) is 10.2 Å². The minimum Gasteiger partial charge on any atom is -0.355 e. The lowest BCUT2D eigenvalue weighted by atomic mass is 9.87. The Bertz CT molecular complexity index is 501. The van der Waals surface area contributed by atoms with Crippen LogP contribution in [-0.4, -0.2) is 43.0 Å². The van der Waals surface area contributed by atoms with Crippen molar-refractivity contribution in [2.24, 2.45) is 5.73 Å². The Kier molecular flexibility index (Phi) is 5.37. The highest BCUT2D eigenvalue weighted by molar-refractivity contribution is 5.72. The Balaban J connectivity index is 1.99. The van der Waals surface area contributed by atoms with Gasteiger partial charge in [0.05, 0.1) is 0 Å². The van der Waals surface area contributed by atoms with E-state index >= 15 is 0 Å². The van der Waals surface area contributed by atoms with Crippen molar-refractivity contribution in [2.45, 2.75) is 39.2 Å². The Morgan fingerprint density at radius 1 is 1.33 bits per heavy atom. The molecular weight excluding hydrogens is 262 g/mol. The van der Waals surface area contributed by atoms with Gasteiger partial charge in [0.1, 0.15) is 0 Å². The summed E-state index contributed by atoms with van der Waals surface area (Å²) in [6.07, 6.45) is 1.04. The van der Waals surface area contributed by atoms with E-state index in [2.05, 4.69) is 42.3 Å². The summed E-state index contributed by atoms with van der Waals surface area (Å²) in [5.41, 5.74) is 10.3. The van der Waals surface area contributed by atoms with Crippen LogP contribution in [-0.2, 0) is 4.79 Å². The van der Waals surface area contributed by atoms with Gasteiger partial charge in [-0.05, 0) is 42.9 Å². The molecule has 1 amide bonds. The summed E-state index contributed by atoms with van der Waals surface area (Å²) < 4.78 is 0. The molecule has 1 aromatic rings. The standard InChI is InChI=1S/C17H27N3O/c1-12-4-5-15(8-13(12)2)16-9-17(18)11-20(10-16)7-6-19-14(3)21/h4-5,8,16-17H,6-7,9-11,18H2,1-3H3,(H,19,21). The van der Waals surface area contributed by atoms with Gasteiger partial charge in [-0.2, -0.15) is 0 Å². The van der Waals surface area contributed by atoms with Gasteiger partial charge in [0.15, 0.2) is 0 Å². The maximum Gasteiger partial charge on any atom is 0.216 e. The summed E-state index contributed by atoms with van der Waals surface area (Å²) in [5.74, 6) is 0.521. The van der Waals surface area contributed by atoms with Gasteiger partial charge in [-0.15, -0.1) is 0 Å². The highest BCUT2D eigenvalue weighted by Crippen LogP contribution is 2.27. The van der Waals surface area contributed by atoms with E-state index in [0.717, 1.165) is 26.1 Å². The summed E-state index contributed by atoms with van der Waals surface area (Å²) in [6, 6.07) is 6.94. The van der Waals surface area contributed by atoms with Crippen LogP contribution in [0.4, 0.5) is 0 Å². The van der Waals surface area contributed by atoms with Crippen LogP contribution < -0.4 is 11.1 Å². The number of carbonyl (C=O) groups excluding carboxylic acids is 1. The van der Waals surface area contributed by atoms with Gasteiger partial charge in [-0.3, -0.25) is 9.69 Å². The van der Waals surface area contributed by atoms with Gasteiger partial charge >= 0.3 is 0 Å². The van der Waals surface area contributed by atoms with Gasteiger partial charge in [0.25, 0.3) is 0 Å². The van der Waals surface area contributed by atoms with Crippen LogP contribution in [0.2, 0.25) is 0 Å². The van der Waals surface area contributed by atoms with E-state index < -0.39 is 0 Å². The fourth-order valence-electron chi connectivity index (χ4n) is 3.07. The normalized spacial score (nSPS) is 23.0. The molecule has 3 N–H and O–H groups in total. The smallest absolute Gasteiger partial charge is 0.216 e. The Labute approximate surface area is 127 Å². The van der Waals surface area contributed by atoms with E-state index in [1.54, 1.807) is 6.92 Å². The van der Waals surface area contributed by atoms with E-state index in [1.165, 1.54) is 16.7 Å². The first-order valence-corrected chi connectivity index (χ1v) is 7.75. The summed E-state index contributed by atoms with van der Waals surface area (Å²) in [4.78, 5) is 13.3. The Hall–Kier alpha value is -1.39. The summed E-state index contributed by atoms with van der Waals surface area (Å²) >= 11 is 0. The fraction of sp³-hybridized carbons (Fsp3) is 0.588. The maximum absolute atomic E-state index is 11.0. The first kappa shape index (κ1) is 16.0. The first-order chi connectivity index (χ1) is 9.95. The summed E-state index contributed by atoms with van der Waals surface area (Å²) in [6.45, 7) is 9.37. The third-order valence-electron chi connectivity index (χ3n) is 4.36. The molecule has 0 aromatic heterocycles. The van der Waals surface area contributed by atoms with Crippen LogP contribution in [0.3, 0.4) is 0 Å². The van der Waals surface area contributed by atoms with Crippen molar-refractivity contribution in [1.29, 1.82) is 0 Å². The van der Waals surface area contributed by atoms with Crippen LogP contribution in [0.15, 0.2) is 18.2 Å². The van der Waals surface area contributed by atoms with Crippen molar-refractivity contribution >= 4 is 5.91 Å². The zero-order chi connectivity index (χ0) is 15.4. The zero-order valence-electron chi connectivity index (χ0n) is 13.4. The van der Waals surface area contributed by atoms with E-state index in [0.29, 0.717) is 12.5 Å². The van der Waals surface area contributed by atoms with Gasteiger partial charge in [-0.1, -0.05) is 18.2 Å². The van der Waals surface area contributed by atoms with Gasteiger partial charge in [-0.25, -0.2) is 0 Å². The molecule has 4 nitrogen and oxygen atoms in total. The molecule has 1 aliphatic heterocycles. The Morgan fingerprint density at radius 3 is 2.76 bits per heavy atom. The number of piperidine rings is 1. The predicted molar refractivity (Wildman–Crippen MR) is 86.4 cm³/mol. The highest BCUT2D eigenvalue weighted by Gasteiger charge is 2.26. The average molecular weight is 289 g/mol. The number of nitrogens with one attached hydrogen (secondary N) is 1. The quantitative estimate of drug-likeness (QED) is 0.884. The molecule has 21 heavy (non-hydrogen) atoms. The van der Waals surface area contributed by atoms with Crippen molar-refractivity contribution in [3.63, 3.8) is 0 Å². The third-order valence-corrected chi connectivity index (χ3v) is 4.36. The molecule has 116 valence electrons. The van der Waals surface area contributed by atoms with E-state index in [4.69, 9.17) is 5.73 Å². The number of nitrogens with zero attached hydrogens (tertiary/aromatic N) is 1. The molecule has 2 rings (SSSR count). The molecule has 1 heterocycles. The first-order valence-electron chi connectivity index (χ1n) is 7.75. The van der Waals surface area contributed by atoms with Crippen molar-refractivity contribution in [3.8, 4) is 0 Å². The maximum atomic E-state index is 11.0. The number of hydrogen-bond acceptors (Lipinski definition) is 3. The zero-order valence-corrected chi connectivity index (χ0v) is 13.4. The molecule has 0 aliphatic carbocycles. The number of carbonyl (C=O) groups is 1. The molecule has 1 aliphatic rings. The second-order valence-electron chi connectivity index (χ2n) is 6.28.